The second-order valence-electron chi connectivity index (χ2n) is 4.95. The van der Waals surface area contributed by atoms with E-state index in [9.17, 15) is 13.2 Å². The molecule has 1 aromatic rings. The van der Waals surface area contributed by atoms with E-state index in [1.807, 2.05) is 0 Å². The molecule has 1 aliphatic rings. The fraction of sp³-hybridized carbons (Fsp3) is 0.462. The van der Waals surface area contributed by atoms with Gasteiger partial charge in [0.05, 0.1) is 33.2 Å². The number of benzene rings is 1. The fourth-order valence-corrected chi connectivity index (χ4v) is 2.33. The standard InChI is InChI=1S/C13H16F3N3OS/c1-18-6-8-19(9-7-18)12(21)17-10-2-4-11(5-3-10)20-13(14,15)16/h2-5H,6-9H2,1H3,(H,17,21)/p+1. The SMILES string of the molecule is C[NH+]1CCN(C(=S)Nc2ccc(OC(F)(F)F)cc2)CC1. The Kier molecular flexibility index (Phi) is 4.89. The molecule has 1 saturated heterocycles. The van der Waals surface area contributed by atoms with Crippen LogP contribution in [0.2, 0.25) is 0 Å². The lowest BCUT2D eigenvalue weighted by molar-refractivity contribution is -0.883. The van der Waals surface area contributed by atoms with Gasteiger partial charge in [0.15, 0.2) is 5.11 Å². The molecule has 0 saturated carbocycles. The average Bonchev–Trinajstić information content (AvgIpc) is 2.40. The van der Waals surface area contributed by atoms with E-state index in [0.717, 1.165) is 26.2 Å². The van der Waals surface area contributed by atoms with Crippen LogP contribution in [0.15, 0.2) is 24.3 Å². The number of likely N-dealkylation sites (N-methyl/N-ethyl adjacent to an activating group) is 1. The summed E-state index contributed by atoms with van der Waals surface area (Å²) in [6.45, 7) is 3.76. The van der Waals surface area contributed by atoms with Crippen molar-refractivity contribution in [3.05, 3.63) is 24.3 Å². The number of nitrogens with one attached hydrogen (secondary N) is 2. The summed E-state index contributed by atoms with van der Waals surface area (Å²) in [6, 6.07) is 5.53. The minimum atomic E-state index is -4.67. The Morgan fingerprint density at radius 2 is 1.81 bits per heavy atom. The van der Waals surface area contributed by atoms with Crippen LogP contribution in [0.25, 0.3) is 0 Å². The number of alkyl halides is 3. The maximum atomic E-state index is 12.1. The molecular formula is C13H17F3N3OS+. The van der Waals surface area contributed by atoms with Gasteiger partial charge in [-0.2, -0.15) is 0 Å². The van der Waals surface area contributed by atoms with Crippen LogP contribution >= 0.6 is 12.2 Å². The predicted molar refractivity (Wildman–Crippen MR) is 77.5 cm³/mol. The van der Waals surface area contributed by atoms with Crippen LogP contribution in [0.4, 0.5) is 18.9 Å². The summed E-state index contributed by atoms with van der Waals surface area (Å²) in [5.74, 6) is -0.248. The van der Waals surface area contributed by atoms with Gasteiger partial charge in [0.2, 0.25) is 0 Å². The largest absolute Gasteiger partial charge is 0.573 e. The minimum Gasteiger partial charge on any atom is -0.406 e. The Hall–Kier alpha value is -1.54. The molecule has 2 N–H and O–H groups in total. The second kappa shape index (κ2) is 6.48. The number of hydrogen-bond donors (Lipinski definition) is 2. The third-order valence-electron chi connectivity index (χ3n) is 3.24. The normalized spacial score (nSPS) is 16.7. The number of hydrogen-bond acceptors (Lipinski definition) is 2. The van der Waals surface area contributed by atoms with Crippen LogP contribution in [0.1, 0.15) is 0 Å². The van der Waals surface area contributed by atoms with Gasteiger partial charge in [0.1, 0.15) is 5.75 Å². The summed E-state index contributed by atoms with van der Waals surface area (Å²) in [5.41, 5.74) is 0.640. The van der Waals surface area contributed by atoms with E-state index in [0.29, 0.717) is 10.8 Å². The summed E-state index contributed by atoms with van der Waals surface area (Å²) in [4.78, 5) is 3.52. The minimum absolute atomic E-state index is 0.248. The number of halogens is 3. The Labute approximate surface area is 126 Å². The topological polar surface area (TPSA) is 28.9 Å². The van der Waals surface area contributed by atoms with Crippen molar-refractivity contribution in [1.29, 1.82) is 0 Å². The van der Waals surface area contributed by atoms with Gasteiger partial charge >= 0.3 is 6.36 Å². The highest BCUT2D eigenvalue weighted by molar-refractivity contribution is 7.80. The molecule has 0 radical (unpaired) electrons. The van der Waals surface area contributed by atoms with Gasteiger partial charge in [-0.15, -0.1) is 13.2 Å². The summed E-state index contributed by atoms with van der Waals surface area (Å²) in [5, 5.41) is 3.62. The molecule has 0 aromatic heterocycles. The average molecular weight is 320 g/mol. The number of quaternary nitrogens is 1. The van der Waals surface area contributed by atoms with Crippen LogP contribution in [0.5, 0.6) is 5.75 Å². The van der Waals surface area contributed by atoms with Gasteiger partial charge in [-0.1, -0.05) is 0 Å². The van der Waals surface area contributed by atoms with Crippen molar-refractivity contribution in [3.63, 3.8) is 0 Å². The zero-order chi connectivity index (χ0) is 15.5. The molecule has 1 fully saturated rings. The Balaban J connectivity index is 1.89. The van der Waals surface area contributed by atoms with E-state index in [2.05, 4.69) is 22.0 Å². The van der Waals surface area contributed by atoms with Gasteiger partial charge in [0.25, 0.3) is 0 Å². The van der Waals surface area contributed by atoms with Crippen molar-refractivity contribution >= 4 is 23.0 Å². The van der Waals surface area contributed by atoms with Gasteiger partial charge < -0.3 is 19.9 Å². The third-order valence-corrected chi connectivity index (χ3v) is 3.60. The lowest BCUT2D eigenvalue weighted by Crippen LogP contribution is -3.12. The van der Waals surface area contributed by atoms with Gasteiger partial charge in [0, 0.05) is 5.69 Å². The number of ether oxygens (including phenoxy) is 1. The Morgan fingerprint density at radius 1 is 1.24 bits per heavy atom. The highest BCUT2D eigenvalue weighted by atomic mass is 32.1. The Morgan fingerprint density at radius 3 is 2.33 bits per heavy atom. The predicted octanol–water partition coefficient (Wildman–Crippen LogP) is 1.11. The molecule has 21 heavy (non-hydrogen) atoms. The first-order valence-electron chi connectivity index (χ1n) is 6.56. The quantitative estimate of drug-likeness (QED) is 0.799. The summed E-state index contributed by atoms with van der Waals surface area (Å²) >= 11 is 5.31. The van der Waals surface area contributed by atoms with E-state index >= 15 is 0 Å². The lowest BCUT2D eigenvalue weighted by Gasteiger charge is -2.32. The van der Waals surface area contributed by atoms with Crippen LogP contribution < -0.4 is 15.0 Å². The fourth-order valence-electron chi connectivity index (χ4n) is 2.03. The third kappa shape index (κ3) is 5.05. The second-order valence-corrected chi connectivity index (χ2v) is 5.33. The summed E-state index contributed by atoms with van der Waals surface area (Å²) < 4.78 is 40.0. The van der Waals surface area contributed by atoms with Crippen LogP contribution in [0.3, 0.4) is 0 Å². The first-order valence-corrected chi connectivity index (χ1v) is 6.97. The van der Waals surface area contributed by atoms with E-state index in [4.69, 9.17) is 12.2 Å². The molecule has 1 aliphatic heterocycles. The molecule has 8 heteroatoms. The van der Waals surface area contributed by atoms with Crippen molar-refractivity contribution < 1.29 is 22.8 Å². The van der Waals surface area contributed by atoms with Crippen LogP contribution in [-0.2, 0) is 0 Å². The molecule has 0 amide bonds. The molecule has 1 heterocycles. The monoisotopic (exact) mass is 320 g/mol. The first kappa shape index (κ1) is 15.8. The number of rotatable bonds is 2. The van der Waals surface area contributed by atoms with Gasteiger partial charge in [-0.05, 0) is 36.5 Å². The van der Waals surface area contributed by atoms with Gasteiger partial charge in [-0.25, -0.2) is 0 Å². The maximum Gasteiger partial charge on any atom is 0.573 e. The van der Waals surface area contributed by atoms with Gasteiger partial charge in [-0.3, -0.25) is 0 Å². The molecule has 4 nitrogen and oxygen atoms in total. The number of thiocarbonyl (C=S) groups is 1. The smallest absolute Gasteiger partial charge is 0.406 e. The van der Waals surface area contributed by atoms with E-state index in [1.54, 1.807) is 0 Å². The van der Waals surface area contributed by atoms with Crippen molar-refractivity contribution in [2.24, 2.45) is 0 Å². The number of piperazine rings is 1. The van der Waals surface area contributed by atoms with E-state index in [-0.39, 0.29) is 5.75 Å². The molecule has 1 aromatic carbocycles. The van der Waals surface area contributed by atoms with Crippen molar-refractivity contribution in [2.75, 3.05) is 38.5 Å². The lowest BCUT2D eigenvalue weighted by atomic mass is 10.3. The first-order chi connectivity index (χ1) is 9.83. The zero-order valence-electron chi connectivity index (χ0n) is 11.5. The van der Waals surface area contributed by atoms with E-state index in [1.165, 1.54) is 29.2 Å². The highest BCUT2D eigenvalue weighted by Crippen LogP contribution is 2.24. The molecule has 0 atom stereocenters. The van der Waals surface area contributed by atoms with Crippen LogP contribution in [-0.4, -0.2) is 49.6 Å². The molecule has 0 bridgehead atoms. The summed E-state index contributed by atoms with van der Waals surface area (Å²) in [6.07, 6.45) is -4.67. The molecular weight excluding hydrogens is 303 g/mol. The highest BCUT2D eigenvalue weighted by Gasteiger charge is 2.31. The summed E-state index contributed by atoms with van der Waals surface area (Å²) in [7, 11) is 2.13. The molecule has 0 aliphatic carbocycles. The Bertz CT molecular complexity index is 484. The maximum absolute atomic E-state index is 12.1. The number of nitrogens with zero attached hydrogens (tertiary/aromatic N) is 1. The zero-order valence-corrected chi connectivity index (χ0v) is 12.4. The number of anilines is 1. The molecule has 2 rings (SSSR count). The molecule has 0 spiro atoms. The van der Waals surface area contributed by atoms with Crippen molar-refractivity contribution in [2.45, 2.75) is 6.36 Å². The van der Waals surface area contributed by atoms with Crippen molar-refractivity contribution in [3.8, 4) is 5.75 Å². The van der Waals surface area contributed by atoms with E-state index < -0.39 is 6.36 Å². The van der Waals surface area contributed by atoms with Crippen molar-refractivity contribution in [1.82, 2.24) is 4.90 Å². The molecule has 0 unspecified atom stereocenters. The van der Waals surface area contributed by atoms with Crippen LogP contribution in [0, 0.1) is 0 Å². The molecule has 116 valence electrons.